The molecule has 0 aliphatic heterocycles. The molecule has 0 spiro atoms. The van der Waals surface area contributed by atoms with Crippen molar-refractivity contribution in [1.82, 2.24) is 4.98 Å². The predicted molar refractivity (Wildman–Crippen MR) is 99.7 cm³/mol. The van der Waals surface area contributed by atoms with Crippen LogP contribution in [-0.4, -0.2) is 23.3 Å². The van der Waals surface area contributed by atoms with E-state index in [1.54, 1.807) is 11.3 Å². The number of rotatable bonds is 7. The van der Waals surface area contributed by atoms with Crippen molar-refractivity contribution in [3.63, 3.8) is 0 Å². The minimum absolute atomic E-state index is 0.121. The molecule has 0 amide bonds. The zero-order valence-electron chi connectivity index (χ0n) is 14.9. The van der Waals surface area contributed by atoms with Crippen LogP contribution >= 0.6 is 11.3 Å². The molecule has 1 aliphatic rings. The zero-order chi connectivity index (χ0) is 17.8. The van der Waals surface area contributed by atoms with E-state index in [1.807, 2.05) is 18.4 Å². The number of ether oxygens (including phenoxy) is 1. The molecule has 3 rings (SSSR count). The highest BCUT2D eigenvalue weighted by atomic mass is 32.1. The summed E-state index contributed by atoms with van der Waals surface area (Å²) in [7, 11) is 0. The molecule has 4 nitrogen and oxygen atoms in total. The van der Waals surface area contributed by atoms with Crippen molar-refractivity contribution in [2.24, 2.45) is 0 Å². The summed E-state index contributed by atoms with van der Waals surface area (Å²) < 4.78 is 5.39. The van der Waals surface area contributed by atoms with Gasteiger partial charge in [-0.2, -0.15) is 0 Å². The minimum Gasteiger partial charge on any atom is -0.461 e. The number of ketones is 1. The van der Waals surface area contributed by atoms with Crippen molar-refractivity contribution < 1.29 is 14.3 Å². The SMILES string of the molecule is CCCCCCOC(=O)c1[nH]c2c(c1C)C(=O)C[C@@H](c1cccs1)C2. The van der Waals surface area contributed by atoms with Crippen LogP contribution in [0.1, 0.15) is 81.9 Å². The van der Waals surface area contributed by atoms with E-state index in [9.17, 15) is 9.59 Å². The van der Waals surface area contributed by atoms with E-state index in [1.165, 1.54) is 4.88 Å². The number of nitrogens with one attached hydrogen (secondary N) is 1. The standard InChI is InChI=1S/C20H25NO3S/c1-3-4-5-6-9-24-20(23)19-13(2)18-15(21-19)11-14(12-16(18)22)17-8-7-10-25-17/h7-8,10,14,21H,3-6,9,11-12H2,1-2H3/t14-/m0/s1. The van der Waals surface area contributed by atoms with Crippen LogP contribution in [0.3, 0.4) is 0 Å². The van der Waals surface area contributed by atoms with E-state index in [2.05, 4.69) is 18.0 Å². The van der Waals surface area contributed by atoms with Gasteiger partial charge < -0.3 is 9.72 Å². The topological polar surface area (TPSA) is 59.2 Å². The molecule has 0 unspecified atom stereocenters. The highest BCUT2D eigenvalue weighted by Gasteiger charge is 2.32. The second-order valence-corrected chi connectivity index (χ2v) is 7.70. The Morgan fingerprint density at radius 1 is 1.32 bits per heavy atom. The van der Waals surface area contributed by atoms with Gasteiger partial charge in [0.05, 0.1) is 6.61 Å². The van der Waals surface area contributed by atoms with Gasteiger partial charge in [0.25, 0.3) is 0 Å². The van der Waals surface area contributed by atoms with Crippen LogP contribution in [-0.2, 0) is 11.2 Å². The first-order chi connectivity index (χ1) is 12.1. The predicted octanol–water partition coefficient (Wildman–Crippen LogP) is 5.03. The van der Waals surface area contributed by atoms with E-state index in [4.69, 9.17) is 4.74 Å². The Bertz CT molecular complexity index is 745. The third kappa shape index (κ3) is 3.87. The number of esters is 1. The molecule has 134 valence electrons. The molecule has 5 heteroatoms. The maximum absolute atomic E-state index is 12.6. The average Bonchev–Trinajstić information content (AvgIpc) is 3.23. The number of carbonyl (C=O) groups is 2. The molecule has 1 N–H and O–H groups in total. The molecule has 25 heavy (non-hydrogen) atoms. The van der Waals surface area contributed by atoms with Gasteiger partial charge in [-0.25, -0.2) is 4.79 Å². The number of fused-ring (bicyclic) bond motifs is 1. The Kier molecular flexibility index (Phi) is 5.74. The van der Waals surface area contributed by atoms with Crippen LogP contribution in [0.15, 0.2) is 17.5 Å². The molecule has 2 heterocycles. The van der Waals surface area contributed by atoms with Crippen LogP contribution < -0.4 is 0 Å². The molecule has 0 aromatic carbocycles. The van der Waals surface area contributed by atoms with Gasteiger partial charge in [-0.3, -0.25) is 4.79 Å². The molecule has 0 saturated heterocycles. The number of H-pyrrole nitrogens is 1. The minimum atomic E-state index is -0.344. The highest BCUT2D eigenvalue weighted by Crippen LogP contribution is 2.36. The average molecular weight is 359 g/mol. The quantitative estimate of drug-likeness (QED) is 0.557. The Morgan fingerprint density at radius 3 is 2.88 bits per heavy atom. The lowest BCUT2D eigenvalue weighted by molar-refractivity contribution is 0.0490. The van der Waals surface area contributed by atoms with Crippen molar-refractivity contribution in [1.29, 1.82) is 0 Å². The number of thiophene rings is 1. The summed E-state index contributed by atoms with van der Waals surface area (Å²) in [4.78, 5) is 29.4. The number of aromatic nitrogens is 1. The lowest BCUT2D eigenvalue weighted by atomic mass is 9.84. The summed E-state index contributed by atoms with van der Waals surface area (Å²) in [5.74, 6) is -0.0183. The van der Waals surface area contributed by atoms with Crippen molar-refractivity contribution in [2.75, 3.05) is 6.61 Å². The first kappa shape index (κ1) is 17.9. The Hall–Kier alpha value is -1.88. The monoisotopic (exact) mass is 359 g/mol. The molecule has 1 aliphatic carbocycles. The Balaban J connectivity index is 1.71. The zero-order valence-corrected chi connectivity index (χ0v) is 15.7. The first-order valence-electron chi connectivity index (χ1n) is 9.07. The summed E-state index contributed by atoms with van der Waals surface area (Å²) in [6, 6.07) is 4.09. The Labute approximate surface area is 152 Å². The number of carbonyl (C=O) groups excluding carboxylic acids is 2. The normalized spacial score (nSPS) is 16.7. The molecule has 0 saturated carbocycles. The summed E-state index contributed by atoms with van der Waals surface area (Å²) in [6.07, 6.45) is 5.56. The van der Waals surface area contributed by atoms with Crippen molar-refractivity contribution >= 4 is 23.1 Å². The summed E-state index contributed by atoms with van der Waals surface area (Å²) in [6.45, 7) is 4.43. The van der Waals surface area contributed by atoms with E-state index < -0.39 is 0 Å². The van der Waals surface area contributed by atoms with E-state index >= 15 is 0 Å². The molecule has 0 fully saturated rings. The van der Waals surface area contributed by atoms with Crippen molar-refractivity contribution in [3.8, 4) is 0 Å². The summed E-state index contributed by atoms with van der Waals surface area (Å²) >= 11 is 1.68. The van der Waals surface area contributed by atoms with Gasteiger partial charge >= 0.3 is 5.97 Å². The molecule has 0 radical (unpaired) electrons. The van der Waals surface area contributed by atoms with Crippen LogP contribution in [0.4, 0.5) is 0 Å². The fourth-order valence-electron chi connectivity index (χ4n) is 3.53. The maximum atomic E-state index is 12.6. The van der Waals surface area contributed by atoms with Gasteiger partial charge in [0, 0.05) is 28.5 Å². The fourth-order valence-corrected chi connectivity index (χ4v) is 4.36. The van der Waals surface area contributed by atoms with Crippen molar-refractivity contribution in [2.45, 2.75) is 58.3 Å². The highest BCUT2D eigenvalue weighted by molar-refractivity contribution is 7.10. The molecular weight excluding hydrogens is 334 g/mol. The summed E-state index contributed by atoms with van der Waals surface area (Å²) in [5, 5.41) is 2.04. The fraction of sp³-hybridized carbons (Fsp3) is 0.500. The number of hydrogen-bond donors (Lipinski definition) is 1. The molecule has 2 aromatic heterocycles. The van der Waals surface area contributed by atoms with Gasteiger partial charge in [-0.05, 0) is 36.8 Å². The number of hydrogen-bond acceptors (Lipinski definition) is 4. The van der Waals surface area contributed by atoms with Gasteiger partial charge in [0.2, 0.25) is 0 Å². The van der Waals surface area contributed by atoms with Crippen molar-refractivity contribution in [3.05, 3.63) is 44.9 Å². The third-order valence-corrected chi connectivity index (χ3v) is 5.90. The van der Waals surface area contributed by atoms with Crippen LogP contribution in [0, 0.1) is 6.92 Å². The van der Waals surface area contributed by atoms with E-state index in [0.29, 0.717) is 24.3 Å². The van der Waals surface area contributed by atoms with Crippen LogP contribution in [0.5, 0.6) is 0 Å². The molecule has 1 atom stereocenters. The number of unbranched alkanes of at least 4 members (excludes halogenated alkanes) is 3. The van der Waals surface area contributed by atoms with Gasteiger partial charge in [0.1, 0.15) is 5.69 Å². The second kappa shape index (κ2) is 8.00. The molecular formula is C20H25NO3S. The summed E-state index contributed by atoms with van der Waals surface area (Å²) in [5.41, 5.74) is 2.76. The largest absolute Gasteiger partial charge is 0.461 e. The lowest BCUT2D eigenvalue weighted by Gasteiger charge is -2.20. The van der Waals surface area contributed by atoms with E-state index in [-0.39, 0.29) is 17.7 Å². The maximum Gasteiger partial charge on any atom is 0.355 e. The second-order valence-electron chi connectivity index (χ2n) is 6.72. The molecule has 2 aromatic rings. The number of aromatic amines is 1. The van der Waals surface area contributed by atoms with Gasteiger partial charge in [0.15, 0.2) is 5.78 Å². The van der Waals surface area contributed by atoms with Gasteiger partial charge in [-0.1, -0.05) is 32.3 Å². The smallest absolute Gasteiger partial charge is 0.355 e. The lowest BCUT2D eigenvalue weighted by Crippen LogP contribution is -2.17. The number of Topliss-reactive ketones (excluding diaryl/α,β-unsaturated/α-hetero) is 1. The van der Waals surface area contributed by atoms with Gasteiger partial charge in [-0.15, -0.1) is 11.3 Å². The van der Waals surface area contributed by atoms with Crippen LogP contribution in [0.25, 0.3) is 0 Å². The molecule has 0 bridgehead atoms. The van der Waals surface area contributed by atoms with E-state index in [0.717, 1.165) is 43.4 Å². The Morgan fingerprint density at radius 2 is 2.16 bits per heavy atom. The van der Waals surface area contributed by atoms with Crippen LogP contribution in [0.2, 0.25) is 0 Å². The first-order valence-corrected chi connectivity index (χ1v) is 9.95. The third-order valence-electron chi connectivity index (χ3n) is 4.87.